The van der Waals surface area contributed by atoms with Gasteiger partial charge in [-0.2, -0.15) is 0 Å². The number of hydrogen-bond donors (Lipinski definition) is 1. The minimum absolute atomic E-state index is 0.229. The van der Waals surface area contributed by atoms with Crippen LogP contribution in [0.15, 0.2) is 37.1 Å². The second-order valence-corrected chi connectivity index (χ2v) is 2.90. The number of rotatable bonds is 2. The Bertz CT molecular complexity index is 484. The summed E-state index contributed by atoms with van der Waals surface area (Å²) >= 11 is 0. The molecule has 2 N–H and O–H groups in total. The molecule has 0 atom stereocenters. The highest BCUT2D eigenvalue weighted by atomic mass is 16.1. The number of nitrogens with two attached hydrogens (primary N) is 1. The summed E-state index contributed by atoms with van der Waals surface area (Å²) in [5.41, 5.74) is 6.59. The standard InChI is InChI=1S/C10H8N4O/c11-8-2-1-3-14-9(8)10(15)7-4-12-6-13-5-7/h1-6H,11H2. The van der Waals surface area contributed by atoms with Crippen LogP contribution in [0, 0.1) is 0 Å². The van der Waals surface area contributed by atoms with Gasteiger partial charge in [0.05, 0.1) is 11.3 Å². The van der Waals surface area contributed by atoms with Gasteiger partial charge >= 0.3 is 0 Å². The molecule has 5 heteroatoms. The second kappa shape index (κ2) is 3.83. The van der Waals surface area contributed by atoms with Crippen molar-refractivity contribution in [3.05, 3.63) is 48.3 Å². The van der Waals surface area contributed by atoms with E-state index in [1.807, 2.05) is 0 Å². The van der Waals surface area contributed by atoms with Gasteiger partial charge in [-0.15, -0.1) is 0 Å². The zero-order chi connectivity index (χ0) is 10.7. The van der Waals surface area contributed by atoms with Crippen molar-refractivity contribution in [1.82, 2.24) is 15.0 Å². The monoisotopic (exact) mass is 200 g/mol. The van der Waals surface area contributed by atoms with Crippen molar-refractivity contribution >= 4 is 11.5 Å². The lowest BCUT2D eigenvalue weighted by Gasteiger charge is -2.01. The minimum Gasteiger partial charge on any atom is -0.397 e. The lowest BCUT2D eigenvalue weighted by atomic mass is 10.1. The largest absolute Gasteiger partial charge is 0.397 e. The zero-order valence-electron chi connectivity index (χ0n) is 7.79. The number of nitrogens with zero attached hydrogens (tertiary/aromatic N) is 3. The van der Waals surface area contributed by atoms with Crippen LogP contribution in [0.4, 0.5) is 5.69 Å². The summed E-state index contributed by atoms with van der Waals surface area (Å²) in [4.78, 5) is 23.3. The van der Waals surface area contributed by atoms with E-state index in [4.69, 9.17) is 5.73 Å². The van der Waals surface area contributed by atoms with Gasteiger partial charge in [-0.1, -0.05) is 0 Å². The lowest BCUT2D eigenvalue weighted by Crippen LogP contribution is -2.08. The van der Waals surface area contributed by atoms with Gasteiger partial charge in [0, 0.05) is 18.6 Å². The van der Waals surface area contributed by atoms with E-state index in [1.54, 1.807) is 12.1 Å². The van der Waals surface area contributed by atoms with Gasteiger partial charge in [-0.25, -0.2) is 9.97 Å². The molecular formula is C10H8N4O. The molecule has 0 unspecified atom stereocenters. The number of hydrogen-bond acceptors (Lipinski definition) is 5. The molecule has 0 saturated heterocycles. The molecule has 15 heavy (non-hydrogen) atoms. The highest BCUT2D eigenvalue weighted by molar-refractivity contribution is 6.10. The molecule has 0 aliphatic carbocycles. The summed E-state index contributed by atoms with van der Waals surface area (Å²) in [7, 11) is 0. The number of carbonyl (C=O) groups is 1. The van der Waals surface area contributed by atoms with E-state index >= 15 is 0 Å². The Kier molecular flexibility index (Phi) is 2.37. The summed E-state index contributed by atoms with van der Waals surface area (Å²) in [5.74, 6) is -0.270. The SMILES string of the molecule is Nc1cccnc1C(=O)c1cncnc1. The Morgan fingerprint density at radius 3 is 2.67 bits per heavy atom. The number of anilines is 1. The van der Waals surface area contributed by atoms with Crippen LogP contribution in [0.1, 0.15) is 16.1 Å². The van der Waals surface area contributed by atoms with Crippen molar-refractivity contribution in [3.63, 3.8) is 0 Å². The van der Waals surface area contributed by atoms with Crippen LogP contribution in [0.5, 0.6) is 0 Å². The third kappa shape index (κ3) is 1.80. The first kappa shape index (κ1) is 9.26. The van der Waals surface area contributed by atoms with Crippen LogP contribution in [-0.4, -0.2) is 20.7 Å². The van der Waals surface area contributed by atoms with Crippen LogP contribution >= 0.6 is 0 Å². The van der Waals surface area contributed by atoms with Gasteiger partial charge < -0.3 is 5.73 Å². The number of aromatic nitrogens is 3. The van der Waals surface area contributed by atoms with Crippen molar-refractivity contribution in [2.24, 2.45) is 0 Å². The maximum Gasteiger partial charge on any atom is 0.216 e. The second-order valence-electron chi connectivity index (χ2n) is 2.90. The van der Waals surface area contributed by atoms with E-state index in [9.17, 15) is 4.79 Å². The number of nitrogen functional groups attached to an aromatic ring is 1. The highest BCUT2D eigenvalue weighted by Gasteiger charge is 2.13. The van der Waals surface area contributed by atoms with Crippen molar-refractivity contribution < 1.29 is 4.79 Å². The third-order valence-electron chi connectivity index (χ3n) is 1.88. The molecule has 2 aromatic heterocycles. The van der Waals surface area contributed by atoms with Crippen molar-refractivity contribution in [2.45, 2.75) is 0 Å². The Morgan fingerprint density at radius 2 is 2.00 bits per heavy atom. The quantitative estimate of drug-likeness (QED) is 0.721. The topological polar surface area (TPSA) is 81.8 Å². The van der Waals surface area contributed by atoms with Gasteiger partial charge in [0.25, 0.3) is 0 Å². The van der Waals surface area contributed by atoms with E-state index in [0.717, 1.165) is 0 Å². The molecule has 0 aliphatic rings. The molecule has 0 aliphatic heterocycles. The smallest absolute Gasteiger partial charge is 0.216 e. The Morgan fingerprint density at radius 1 is 1.27 bits per heavy atom. The van der Waals surface area contributed by atoms with Gasteiger partial charge in [0.15, 0.2) is 0 Å². The van der Waals surface area contributed by atoms with Crippen LogP contribution in [0.3, 0.4) is 0 Å². The molecule has 5 nitrogen and oxygen atoms in total. The Hall–Kier alpha value is -2.30. The fraction of sp³-hybridized carbons (Fsp3) is 0. The third-order valence-corrected chi connectivity index (χ3v) is 1.88. The minimum atomic E-state index is -0.270. The molecule has 0 aromatic carbocycles. The van der Waals surface area contributed by atoms with Crippen LogP contribution < -0.4 is 5.73 Å². The molecule has 0 bridgehead atoms. The van der Waals surface area contributed by atoms with Crippen molar-refractivity contribution in [3.8, 4) is 0 Å². The number of ketones is 1. The fourth-order valence-electron chi connectivity index (χ4n) is 1.16. The molecule has 74 valence electrons. The summed E-state index contributed by atoms with van der Waals surface area (Å²) in [5, 5.41) is 0. The predicted octanol–water partition coefficient (Wildman–Crippen LogP) is 0.685. The van der Waals surface area contributed by atoms with E-state index < -0.39 is 0 Å². The molecule has 2 rings (SSSR count). The number of carbonyl (C=O) groups excluding carboxylic acids is 1. The highest BCUT2D eigenvalue weighted by Crippen LogP contribution is 2.11. The molecular weight excluding hydrogens is 192 g/mol. The molecule has 2 heterocycles. The van der Waals surface area contributed by atoms with Crippen molar-refractivity contribution in [2.75, 3.05) is 5.73 Å². The van der Waals surface area contributed by atoms with E-state index in [2.05, 4.69) is 15.0 Å². The van der Waals surface area contributed by atoms with E-state index in [-0.39, 0.29) is 11.5 Å². The van der Waals surface area contributed by atoms with Gasteiger partial charge in [0.1, 0.15) is 12.0 Å². The van der Waals surface area contributed by atoms with Gasteiger partial charge in [-0.05, 0) is 12.1 Å². The fourth-order valence-corrected chi connectivity index (χ4v) is 1.16. The van der Waals surface area contributed by atoms with Crippen molar-refractivity contribution in [1.29, 1.82) is 0 Å². The molecule has 0 spiro atoms. The van der Waals surface area contributed by atoms with Crippen LogP contribution in [-0.2, 0) is 0 Å². The van der Waals surface area contributed by atoms with Crippen LogP contribution in [0.2, 0.25) is 0 Å². The molecule has 0 amide bonds. The van der Waals surface area contributed by atoms with Gasteiger partial charge in [0.2, 0.25) is 5.78 Å². The molecule has 0 fully saturated rings. The summed E-state index contributed by atoms with van der Waals surface area (Å²) in [6.45, 7) is 0. The normalized spacial score (nSPS) is 9.87. The first-order valence-corrected chi connectivity index (χ1v) is 4.29. The molecule has 0 saturated carbocycles. The summed E-state index contributed by atoms with van der Waals surface area (Å²) in [6, 6.07) is 3.30. The summed E-state index contributed by atoms with van der Waals surface area (Å²) in [6.07, 6.45) is 5.75. The molecule has 2 aromatic rings. The average molecular weight is 200 g/mol. The van der Waals surface area contributed by atoms with Crippen LogP contribution in [0.25, 0.3) is 0 Å². The first-order chi connectivity index (χ1) is 7.29. The molecule has 0 radical (unpaired) electrons. The maximum atomic E-state index is 11.8. The van der Waals surface area contributed by atoms with Gasteiger partial charge in [-0.3, -0.25) is 9.78 Å². The van der Waals surface area contributed by atoms with E-state index in [1.165, 1.54) is 24.9 Å². The first-order valence-electron chi connectivity index (χ1n) is 4.29. The Labute approximate surface area is 86.0 Å². The van der Waals surface area contributed by atoms with E-state index in [0.29, 0.717) is 11.3 Å². The predicted molar refractivity (Wildman–Crippen MR) is 54.1 cm³/mol. The summed E-state index contributed by atoms with van der Waals surface area (Å²) < 4.78 is 0. The zero-order valence-corrected chi connectivity index (χ0v) is 7.79. The maximum absolute atomic E-state index is 11.8. The number of pyridine rings is 1. The average Bonchev–Trinajstić information content (AvgIpc) is 2.30. The lowest BCUT2D eigenvalue weighted by molar-refractivity contribution is 0.103. The Balaban J connectivity index is 2.42.